The molecule has 0 aromatic heterocycles. The average Bonchev–Trinajstić information content (AvgIpc) is 2.43. The van der Waals surface area contributed by atoms with Gasteiger partial charge in [-0.15, -0.1) is 0 Å². The molecule has 110 valence electrons. The minimum absolute atomic E-state index is 0.336. The van der Waals surface area contributed by atoms with Gasteiger partial charge in [0.25, 0.3) is 0 Å². The normalized spacial score (nSPS) is 21.0. The maximum Gasteiger partial charge on any atom is 0.335 e. The molecule has 1 aromatic carbocycles. The number of carboxylic acids is 1. The minimum atomic E-state index is -0.878. The first-order chi connectivity index (χ1) is 9.56. The molecule has 5 heteroatoms. The van der Waals surface area contributed by atoms with Crippen LogP contribution in [0, 0.1) is 0 Å². The van der Waals surface area contributed by atoms with E-state index >= 15 is 0 Å². The summed E-state index contributed by atoms with van der Waals surface area (Å²) in [7, 11) is 4.33. The molecule has 1 saturated heterocycles. The van der Waals surface area contributed by atoms with E-state index in [4.69, 9.17) is 5.11 Å². The molecular formula is C15H23N3O2. The number of nitrogens with zero attached hydrogens (tertiary/aromatic N) is 2. The lowest BCUT2D eigenvalue weighted by molar-refractivity contribution is 0.0697. The number of carbonyl (C=O) groups is 1. The van der Waals surface area contributed by atoms with Gasteiger partial charge in [-0.25, -0.2) is 4.79 Å². The molecule has 2 rings (SSSR count). The molecule has 0 saturated carbocycles. The molecule has 20 heavy (non-hydrogen) atoms. The van der Waals surface area contributed by atoms with E-state index in [1.807, 2.05) is 12.1 Å². The van der Waals surface area contributed by atoms with Crippen LogP contribution in [0.4, 0.5) is 0 Å². The SMILES string of the molecule is CN1CCN(C)C(CNCc2ccc(C(=O)O)cc2)C1. The number of nitrogens with one attached hydrogen (secondary N) is 1. The Morgan fingerprint density at radius 2 is 2.00 bits per heavy atom. The van der Waals surface area contributed by atoms with Crippen LogP contribution < -0.4 is 5.32 Å². The predicted octanol–water partition coefficient (Wildman–Crippen LogP) is 0.720. The summed E-state index contributed by atoms with van der Waals surface area (Å²) in [5.74, 6) is -0.878. The molecule has 1 unspecified atom stereocenters. The van der Waals surface area contributed by atoms with E-state index in [0.717, 1.165) is 38.3 Å². The largest absolute Gasteiger partial charge is 0.478 e. The second-order valence-corrected chi connectivity index (χ2v) is 5.53. The van der Waals surface area contributed by atoms with E-state index in [9.17, 15) is 4.79 Å². The third kappa shape index (κ3) is 4.03. The van der Waals surface area contributed by atoms with E-state index in [1.165, 1.54) is 0 Å². The van der Waals surface area contributed by atoms with Gasteiger partial charge in [-0.05, 0) is 31.8 Å². The Hall–Kier alpha value is -1.43. The second kappa shape index (κ2) is 6.83. The van der Waals surface area contributed by atoms with Crippen molar-refractivity contribution in [2.75, 3.05) is 40.3 Å². The monoisotopic (exact) mass is 277 g/mol. The van der Waals surface area contributed by atoms with Crippen LogP contribution in [0.5, 0.6) is 0 Å². The van der Waals surface area contributed by atoms with Gasteiger partial charge in [0.1, 0.15) is 0 Å². The van der Waals surface area contributed by atoms with Crippen molar-refractivity contribution in [2.24, 2.45) is 0 Å². The molecule has 0 amide bonds. The van der Waals surface area contributed by atoms with Crippen LogP contribution in [0.2, 0.25) is 0 Å². The molecule has 2 N–H and O–H groups in total. The molecule has 1 aliphatic heterocycles. The van der Waals surface area contributed by atoms with Crippen molar-refractivity contribution in [1.29, 1.82) is 0 Å². The van der Waals surface area contributed by atoms with Crippen molar-refractivity contribution in [3.05, 3.63) is 35.4 Å². The highest BCUT2D eigenvalue weighted by Crippen LogP contribution is 2.07. The molecule has 1 heterocycles. The molecule has 0 aliphatic carbocycles. The van der Waals surface area contributed by atoms with Crippen LogP contribution in [0.25, 0.3) is 0 Å². The average molecular weight is 277 g/mol. The Kier molecular flexibility index (Phi) is 5.11. The number of hydrogen-bond donors (Lipinski definition) is 2. The third-order valence-electron chi connectivity index (χ3n) is 3.89. The number of hydrogen-bond acceptors (Lipinski definition) is 4. The first-order valence-electron chi connectivity index (χ1n) is 6.98. The van der Waals surface area contributed by atoms with Gasteiger partial charge >= 0.3 is 5.97 Å². The van der Waals surface area contributed by atoms with Crippen LogP contribution in [0.1, 0.15) is 15.9 Å². The lowest BCUT2D eigenvalue weighted by Gasteiger charge is -2.37. The highest BCUT2D eigenvalue weighted by molar-refractivity contribution is 5.87. The third-order valence-corrected chi connectivity index (χ3v) is 3.89. The van der Waals surface area contributed by atoms with Crippen molar-refractivity contribution in [3.8, 4) is 0 Å². The van der Waals surface area contributed by atoms with Gasteiger partial charge < -0.3 is 15.3 Å². The summed E-state index contributed by atoms with van der Waals surface area (Å²) in [6, 6.07) is 7.58. The second-order valence-electron chi connectivity index (χ2n) is 5.53. The fraction of sp³-hybridized carbons (Fsp3) is 0.533. The number of rotatable bonds is 5. The van der Waals surface area contributed by atoms with Gasteiger partial charge in [0.05, 0.1) is 5.56 Å². The zero-order valence-corrected chi connectivity index (χ0v) is 12.2. The van der Waals surface area contributed by atoms with Crippen molar-refractivity contribution in [3.63, 3.8) is 0 Å². The van der Waals surface area contributed by atoms with Crippen molar-refractivity contribution >= 4 is 5.97 Å². The molecule has 1 fully saturated rings. The first-order valence-corrected chi connectivity index (χ1v) is 6.98. The Morgan fingerprint density at radius 1 is 1.30 bits per heavy atom. The molecule has 0 bridgehead atoms. The zero-order chi connectivity index (χ0) is 14.5. The summed E-state index contributed by atoms with van der Waals surface area (Å²) in [5.41, 5.74) is 1.45. The standard InChI is InChI=1S/C15H23N3O2/c1-17-7-8-18(2)14(11-17)10-16-9-12-3-5-13(6-4-12)15(19)20/h3-6,14,16H,7-11H2,1-2H3,(H,19,20). The first kappa shape index (κ1) is 15.0. The van der Waals surface area contributed by atoms with Gasteiger partial charge in [0.2, 0.25) is 0 Å². The number of aromatic carboxylic acids is 1. The zero-order valence-electron chi connectivity index (χ0n) is 12.2. The summed E-state index contributed by atoms with van der Waals surface area (Å²) in [5, 5.41) is 12.3. The number of benzene rings is 1. The van der Waals surface area contributed by atoms with Crippen LogP contribution >= 0.6 is 0 Å². The predicted molar refractivity (Wildman–Crippen MR) is 79.0 cm³/mol. The highest BCUT2D eigenvalue weighted by Gasteiger charge is 2.21. The molecule has 0 radical (unpaired) electrons. The number of piperazine rings is 1. The van der Waals surface area contributed by atoms with Gasteiger partial charge in [-0.2, -0.15) is 0 Å². The molecular weight excluding hydrogens is 254 g/mol. The van der Waals surface area contributed by atoms with E-state index in [0.29, 0.717) is 11.6 Å². The topological polar surface area (TPSA) is 55.8 Å². The smallest absolute Gasteiger partial charge is 0.335 e. The summed E-state index contributed by atoms with van der Waals surface area (Å²) in [6.07, 6.45) is 0. The van der Waals surface area contributed by atoms with Crippen LogP contribution in [0.3, 0.4) is 0 Å². The maximum absolute atomic E-state index is 10.8. The van der Waals surface area contributed by atoms with Crippen molar-refractivity contribution < 1.29 is 9.90 Å². The Labute approximate surface area is 120 Å². The highest BCUT2D eigenvalue weighted by atomic mass is 16.4. The van der Waals surface area contributed by atoms with Gasteiger partial charge in [0, 0.05) is 38.8 Å². The van der Waals surface area contributed by atoms with Gasteiger partial charge in [-0.3, -0.25) is 4.90 Å². The summed E-state index contributed by atoms with van der Waals surface area (Å²) in [6.45, 7) is 5.04. The summed E-state index contributed by atoms with van der Waals surface area (Å²) >= 11 is 0. The van der Waals surface area contributed by atoms with Gasteiger partial charge in [0.15, 0.2) is 0 Å². The summed E-state index contributed by atoms with van der Waals surface area (Å²) in [4.78, 5) is 15.5. The Bertz CT molecular complexity index is 447. The minimum Gasteiger partial charge on any atom is -0.478 e. The quantitative estimate of drug-likeness (QED) is 0.830. The molecule has 1 aliphatic rings. The van der Waals surface area contributed by atoms with Gasteiger partial charge in [-0.1, -0.05) is 12.1 Å². The maximum atomic E-state index is 10.8. The Morgan fingerprint density at radius 3 is 2.65 bits per heavy atom. The van der Waals surface area contributed by atoms with Crippen LogP contribution in [-0.4, -0.2) is 67.2 Å². The number of carboxylic acid groups (broad SMARTS) is 1. The summed E-state index contributed by atoms with van der Waals surface area (Å²) < 4.78 is 0. The fourth-order valence-electron chi connectivity index (χ4n) is 2.47. The van der Waals surface area contributed by atoms with Crippen LogP contribution in [0.15, 0.2) is 24.3 Å². The molecule has 1 aromatic rings. The molecule has 0 spiro atoms. The Balaban J connectivity index is 1.79. The van der Waals surface area contributed by atoms with E-state index in [2.05, 4.69) is 29.2 Å². The van der Waals surface area contributed by atoms with E-state index in [-0.39, 0.29) is 0 Å². The van der Waals surface area contributed by atoms with Crippen molar-refractivity contribution in [2.45, 2.75) is 12.6 Å². The fourth-order valence-corrected chi connectivity index (χ4v) is 2.47. The van der Waals surface area contributed by atoms with E-state index < -0.39 is 5.97 Å². The lowest BCUT2D eigenvalue weighted by Crippen LogP contribution is -2.53. The molecule has 1 atom stereocenters. The number of likely N-dealkylation sites (N-methyl/N-ethyl adjacent to an activating group) is 2. The van der Waals surface area contributed by atoms with E-state index in [1.54, 1.807) is 12.1 Å². The lowest BCUT2D eigenvalue weighted by atomic mass is 10.1. The van der Waals surface area contributed by atoms with Crippen molar-refractivity contribution in [1.82, 2.24) is 15.1 Å². The van der Waals surface area contributed by atoms with Crippen LogP contribution in [-0.2, 0) is 6.54 Å². The molecule has 5 nitrogen and oxygen atoms in total.